The van der Waals surface area contributed by atoms with Gasteiger partial charge in [-0.15, -0.1) is 0 Å². The van der Waals surface area contributed by atoms with Crippen LogP contribution in [-0.4, -0.2) is 52.8 Å². The number of aromatic nitrogens is 1. The monoisotopic (exact) mass is 289 g/mol. The highest BCUT2D eigenvalue weighted by Crippen LogP contribution is 2.12. The Hall–Kier alpha value is -2.57. The molecule has 110 valence electrons. The molecule has 3 rings (SSSR count). The van der Waals surface area contributed by atoms with Gasteiger partial charge in [-0.2, -0.15) is 0 Å². The van der Waals surface area contributed by atoms with Gasteiger partial charge in [0.15, 0.2) is 5.76 Å². The van der Waals surface area contributed by atoms with Crippen LogP contribution in [0.5, 0.6) is 0 Å². The number of furan rings is 1. The maximum atomic E-state index is 12.2. The molecule has 21 heavy (non-hydrogen) atoms. The Labute approximate surface area is 121 Å². The molecule has 0 aromatic carbocycles. The molecule has 0 saturated carbocycles. The van der Waals surface area contributed by atoms with Crippen molar-refractivity contribution in [1.29, 1.82) is 0 Å². The molecule has 1 aliphatic heterocycles. The van der Waals surface area contributed by atoms with Crippen LogP contribution in [0.25, 0.3) is 0 Å². The molecule has 0 radical (unpaired) electrons. The Morgan fingerprint density at radius 3 is 2.33 bits per heavy atom. The van der Waals surface area contributed by atoms with E-state index in [9.17, 15) is 9.59 Å². The molecule has 7 heteroatoms. The Morgan fingerprint density at radius 2 is 1.81 bits per heavy atom. The molecule has 1 fully saturated rings. The second kappa shape index (κ2) is 5.43. The minimum Gasteiger partial charge on any atom is -0.459 e. The summed E-state index contributed by atoms with van der Waals surface area (Å²) in [6, 6.07) is 3.31. The first-order chi connectivity index (χ1) is 10.1. The quantitative estimate of drug-likeness (QED) is 0.829. The van der Waals surface area contributed by atoms with E-state index in [2.05, 4.69) is 4.98 Å². The first-order valence-electron chi connectivity index (χ1n) is 6.69. The molecule has 3 heterocycles. The summed E-state index contributed by atoms with van der Waals surface area (Å²) in [6.07, 6.45) is 2.99. The van der Waals surface area contributed by atoms with E-state index < -0.39 is 0 Å². The van der Waals surface area contributed by atoms with Crippen molar-refractivity contribution in [1.82, 2.24) is 14.8 Å². The predicted octanol–water partition coefficient (Wildman–Crippen LogP) is 1.17. The summed E-state index contributed by atoms with van der Waals surface area (Å²) in [4.78, 5) is 31.5. The lowest BCUT2D eigenvalue weighted by atomic mass is 10.3. The fourth-order valence-electron chi connectivity index (χ4n) is 2.26. The van der Waals surface area contributed by atoms with E-state index in [1.165, 1.54) is 12.5 Å². The van der Waals surface area contributed by atoms with E-state index in [0.717, 1.165) is 0 Å². The van der Waals surface area contributed by atoms with E-state index in [1.807, 2.05) is 0 Å². The number of hydrogen-bond donors (Lipinski definition) is 0. The first kappa shape index (κ1) is 13.4. The molecule has 0 N–H and O–H groups in total. The zero-order valence-electron chi connectivity index (χ0n) is 11.6. The van der Waals surface area contributed by atoms with Gasteiger partial charge in [-0.3, -0.25) is 9.59 Å². The smallest absolute Gasteiger partial charge is 0.309 e. The van der Waals surface area contributed by atoms with E-state index in [-0.39, 0.29) is 17.7 Å². The van der Waals surface area contributed by atoms with Gasteiger partial charge >= 0.3 is 5.91 Å². The highest BCUT2D eigenvalue weighted by Gasteiger charge is 2.28. The normalized spacial score (nSPS) is 15.3. The minimum absolute atomic E-state index is 0.0957. The van der Waals surface area contributed by atoms with Crippen molar-refractivity contribution >= 4 is 11.8 Å². The third kappa shape index (κ3) is 2.67. The van der Waals surface area contributed by atoms with Gasteiger partial charge in [0.05, 0.1) is 12.5 Å². The second-order valence-electron chi connectivity index (χ2n) is 4.84. The Kier molecular flexibility index (Phi) is 3.47. The largest absolute Gasteiger partial charge is 0.459 e. The molecule has 2 aromatic heterocycles. The van der Waals surface area contributed by atoms with Gasteiger partial charge in [-0.25, -0.2) is 4.98 Å². The lowest BCUT2D eigenvalue weighted by Gasteiger charge is -2.33. The van der Waals surface area contributed by atoms with Crippen LogP contribution >= 0.6 is 0 Å². The molecular weight excluding hydrogens is 274 g/mol. The molecule has 0 spiro atoms. The van der Waals surface area contributed by atoms with E-state index >= 15 is 0 Å². The topological polar surface area (TPSA) is 79.8 Å². The molecule has 1 saturated heterocycles. The van der Waals surface area contributed by atoms with Gasteiger partial charge in [0.25, 0.3) is 11.8 Å². The Morgan fingerprint density at radius 1 is 1.14 bits per heavy atom. The van der Waals surface area contributed by atoms with Crippen molar-refractivity contribution in [3.63, 3.8) is 0 Å². The van der Waals surface area contributed by atoms with Gasteiger partial charge in [-0.1, -0.05) is 0 Å². The maximum Gasteiger partial charge on any atom is 0.309 e. The third-order valence-electron chi connectivity index (χ3n) is 3.39. The number of carbonyl (C=O) groups is 2. The summed E-state index contributed by atoms with van der Waals surface area (Å²) < 4.78 is 10.3. The van der Waals surface area contributed by atoms with Crippen LogP contribution < -0.4 is 0 Å². The standard InChI is InChI=1S/C14H15N3O4/c1-10-9-15-12(21-10)14(19)17-6-4-16(5-7-17)13(18)11-3-2-8-20-11/h2-3,8-9H,4-7H2,1H3. The SMILES string of the molecule is Cc1cnc(C(=O)N2CCN(C(=O)c3ccco3)CC2)o1. The van der Waals surface area contributed by atoms with Gasteiger partial charge in [0, 0.05) is 26.2 Å². The fourth-order valence-corrected chi connectivity index (χ4v) is 2.26. The lowest BCUT2D eigenvalue weighted by Crippen LogP contribution is -2.50. The molecule has 2 amide bonds. The number of oxazole rings is 1. The molecular formula is C14H15N3O4. The van der Waals surface area contributed by atoms with Gasteiger partial charge in [0.2, 0.25) is 0 Å². The number of nitrogens with zero attached hydrogens (tertiary/aromatic N) is 3. The minimum atomic E-state index is -0.242. The summed E-state index contributed by atoms with van der Waals surface area (Å²) >= 11 is 0. The fraction of sp³-hybridized carbons (Fsp3) is 0.357. The lowest BCUT2D eigenvalue weighted by molar-refractivity contribution is 0.0497. The molecule has 0 bridgehead atoms. The third-order valence-corrected chi connectivity index (χ3v) is 3.39. The summed E-state index contributed by atoms with van der Waals surface area (Å²) in [6.45, 7) is 3.57. The van der Waals surface area contributed by atoms with Crippen molar-refractivity contribution < 1.29 is 18.4 Å². The maximum absolute atomic E-state index is 12.2. The van der Waals surface area contributed by atoms with Crippen molar-refractivity contribution in [3.8, 4) is 0 Å². The Bertz CT molecular complexity index is 639. The molecule has 0 unspecified atom stereocenters. The Balaban J connectivity index is 1.60. The van der Waals surface area contributed by atoms with E-state index in [1.54, 1.807) is 28.9 Å². The number of rotatable bonds is 2. The van der Waals surface area contributed by atoms with Gasteiger partial charge in [0.1, 0.15) is 5.76 Å². The van der Waals surface area contributed by atoms with Crippen LogP contribution in [0.1, 0.15) is 27.0 Å². The number of amides is 2. The van der Waals surface area contributed by atoms with Crippen LogP contribution in [0, 0.1) is 6.92 Å². The number of aryl methyl sites for hydroxylation is 1. The van der Waals surface area contributed by atoms with Gasteiger partial charge < -0.3 is 18.6 Å². The molecule has 7 nitrogen and oxygen atoms in total. The predicted molar refractivity (Wildman–Crippen MR) is 71.8 cm³/mol. The molecule has 1 aliphatic rings. The summed E-state index contributed by atoms with van der Waals surface area (Å²) in [5.41, 5.74) is 0. The van der Waals surface area contributed by atoms with Gasteiger partial charge in [-0.05, 0) is 19.1 Å². The zero-order chi connectivity index (χ0) is 14.8. The summed E-state index contributed by atoms with van der Waals surface area (Å²) in [5.74, 6) is 0.619. The molecule has 0 aliphatic carbocycles. The molecule has 0 atom stereocenters. The van der Waals surface area contributed by atoms with Crippen molar-refractivity contribution in [2.45, 2.75) is 6.92 Å². The zero-order valence-corrected chi connectivity index (χ0v) is 11.6. The average molecular weight is 289 g/mol. The highest BCUT2D eigenvalue weighted by atomic mass is 16.4. The molecule has 2 aromatic rings. The number of hydrogen-bond acceptors (Lipinski definition) is 5. The van der Waals surface area contributed by atoms with E-state index in [4.69, 9.17) is 8.83 Å². The number of piperazine rings is 1. The van der Waals surface area contributed by atoms with Crippen LogP contribution in [0.2, 0.25) is 0 Å². The van der Waals surface area contributed by atoms with Crippen LogP contribution in [0.15, 0.2) is 33.4 Å². The van der Waals surface area contributed by atoms with E-state index in [0.29, 0.717) is 37.7 Å². The van der Waals surface area contributed by atoms with Crippen molar-refractivity contribution in [3.05, 3.63) is 42.0 Å². The van der Waals surface area contributed by atoms with Crippen LogP contribution in [0.3, 0.4) is 0 Å². The first-order valence-corrected chi connectivity index (χ1v) is 6.69. The average Bonchev–Trinajstić information content (AvgIpc) is 3.17. The summed E-state index contributed by atoms with van der Waals surface area (Å²) in [7, 11) is 0. The summed E-state index contributed by atoms with van der Waals surface area (Å²) in [5, 5.41) is 0. The van der Waals surface area contributed by atoms with Crippen LogP contribution in [0.4, 0.5) is 0 Å². The second-order valence-corrected chi connectivity index (χ2v) is 4.84. The van der Waals surface area contributed by atoms with Crippen LogP contribution in [-0.2, 0) is 0 Å². The number of carbonyl (C=O) groups excluding carboxylic acids is 2. The van der Waals surface area contributed by atoms with Crippen molar-refractivity contribution in [2.75, 3.05) is 26.2 Å². The van der Waals surface area contributed by atoms with Crippen molar-refractivity contribution in [2.24, 2.45) is 0 Å². The highest BCUT2D eigenvalue weighted by molar-refractivity contribution is 5.92.